The summed E-state index contributed by atoms with van der Waals surface area (Å²) in [7, 11) is 0. The maximum Gasteiger partial charge on any atom is 0.363 e. The Bertz CT molecular complexity index is 802. The molecule has 0 saturated carbocycles. The van der Waals surface area contributed by atoms with E-state index < -0.39 is 0 Å². The second-order valence-corrected chi connectivity index (χ2v) is 7.02. The van der Waals surface area contributed by atoms with Gasteiger partial charge >= 0.3 is 5.97 Å². The normalized spacial score (nSPS) is 19.5. The number of carbonyl (C=O) groups excluding carboxylic acids is 1. The molecule has 0 atom stereocenters. The summed E-state index contributed by atoms with van der Waals surface area (Å²) in [6.45, 7) is 2.24. The van der Waals surface area contributed by atoms with Crippen LogP contribution in [0.2, 0.25) is 0 Å². The van der Waals surface area contributed by atoms with Crippen LogP contribution in [0.4, 0.5) is 5.00 Å². The number of benzene rings is 1. The molecule has 1 saturated heterocycles. The number of thiophene rings is 1. The van der Waals surface area contributed by atoms with Crippen molar-refractivity contribution in [3.63, 3.8) is 0 Å². The van der Waals surface area contributed by atoms with Gasteiger partial charge in [0, 0.05) is 23.5 Å². The lowest BCUT2D eigenvalue weighted by Crippen LogP contribution is -2.28. The molecule has 0 unspecified atom stereocenters. The van der Waals surface area contributed by atoms with Crippen molar-refractivity contribution in [2.75, 3.05) is 18.0 Å². The van der Waals surface area contributed by atoms with Crippen LogP contribution >= 0.6 is 11.3 Å². The fraction of sp³-hybridized carbons (Fsp3) is 0.263. The maximum absolute atomic E-state index is 12.1. The SMILES string of the molecule is O=C1OC(c2ccccc2)=N/C1=C\c1ccc(N2CCCCC2)s1. The molecule has 122 valence electrons. The zero-order valence-corrected chi connectivity index (χ0v) is 14.1. The molecular formula is C19H18N2O2S. The average Bonchev–Trinajstić information content (AvgIpc) is 3.24. The lowest BCUT2D eigenvalue weighted by Gasteiger charge is -2.27. The third kappa shape index (κ3) is 3.12. The molecule has 1 aromatic carbocycles. The highest BCUT2D eigenvalue weighted by Crippen LogP contribution is 2.30. The first-order chi connectivity index (χ1) is 11.8. The largest absolute Gasteiger partial charge is 0.402 e. The second-order valence-electron chi connectivity index (χ2n) is 5.93. The Hall–Kier alpha value is -2.40. The van der Waals surface area contributed by atoms with E-state index in [1.165, 1.54) is 24.3 Å². The molecule has 0 spiro atoms. The van der Waals surface area contributed by atoms with Gasteiger partial charge in [0.1, 0.15) is 0 Å². The van der Waals surface area contributed by atoms with Gasteiger partial charge in [-0.15, -0.1) is 11.3 Å². The van der Waals surface area contributed by atoms with E-state index in [1.807, 2.05) is 42.5 Å². The monoisotopic (exact) mass is 338 g/mol. The number of cyclic esters (lactones) is 1. The van der Waals surface area contributed by atoms with Gasteiger partial charge in [0.25, 0.3) is 0 Å². The standard InChI is InChI=1S/C19H18N2O2S/c22-19-16(20-18(23-19)14-7-3-1-4-8-14)13-15-9-10-17(24-15)21-11-5-2-6-12-21/h1,3-4,7-10,13H,2,5-6,11-12H2/b16-13-. The van der Waals surface area contributed by atoms with Crippen molar-refractivity contribution >= 4 is 34.3 Å². The molecule has 24 heavy (non-hydrogen) atoms. The Morgan fingerprint density at radius 3 is 2.62 bits per heavy atom. The minimum absolute atomic E-state index is 0.362. The number of anilines is 1. The van der Waals surface area contributed by atoms with Gasteiger partial charge in [-0.05, 0) is 49.6 Å². The molecular weight excluding hydrogens is 320 g/mol. The first kappa shape index (κ1) is 15.1. The van der Waals surface area contributed by atoms with Crippen LogP contribution in [0.15, 0.2) is 53.2 Å². The van der Waals surface area contributed by atoms with Crippen molar-refractivity contribution in [2.24, 2.45) is 4.99 Å². The van der Waals surface area contributed by atoms with Gasteiger partial charge in [0.2, 0.25) is 5.90 Å². The molecule has 2 aliphatic rings. The van der Waals surface area contributed by atoms with E-state index in [0.717, 1.165) is 23.5 Å². The molecule has 0 N–H and O–H groups in total. The van der Waals surface area contributed by atoms with Crippen LogP contribution in [-0.4, -0.2) is 25.0 Å². The van der Waals surface area contributed by atoms with Gasteiger partial charge in [-0.25, -0.2) is 9.79 Å². The van der Waals surface area contributed by atoms with Gasteiger partial charge in [-0.1, -0.05) is 18.2 Å². The average molecular weight is 338 g/mol. The molecule has 0 bridgehead atoms. The molecule has 4 rings (SSSR count). The van der Waals surface area contributed by atoms with Crippen LogP contribution in [0.1, 0.15) is 29.7 Å². The van der Waals surface area contributed by atoms with E-state index in [2.05, 4.69) is 16.0 Å². The number of nitrogens with zero attached hydrogens (tertiary/aromatic N) is 2. The molecule has 2 aliphatic heterocycles. The van der Waals surface area contributed by atoms with Crippen molar-refractivity contribution in [1.82, 2.24) is 0 Å². The van der Waals surface area contributed by atoms with Crippen LogP contribution in [0, 0.1) is 0 Å². The minimum atomic E-state index is -0.387. The van der Waals surface area contributed by atoms with Crippen LogP contribution in [-0.2, 0) is 9.53 Å². The third-order valence-electron chi connectivity index (χ3n) is 4.20. The fourth-order valence-corrected chi connectivity index (χ4v) is 3.95. The predicted molar refractivity (Wildman–Crippen MR) is 97.4 cm³/mol. The summed E-state index contributed by atoms with van der Waals surface area (Å²) in [5, 5.41) is 1.26. The molecule has 1 fully saturated rings. The van der Waals surface area contributed by atoms with Crippen molar-refractivity contribution in [2.45, 2.75) is 19.3 Å². The minimum Gasteiger partial charge on any atom is -0.402 e. The molecule has 0 radical (unpaired) electrons. The van der Waals surface area contributed by atoms with Gasteiger partial charge in [0.05, 0.1) is 5.00 Å². The number of aliphatic imine (C=N–C) groups is 1. The number of piperidine rings is 1. The molecule has 5 heteroatoms. The summed E-state index contributed by atoms with van der Waals surface area (Å²) in [5.41, 5.74) is 1.18. The topological polar surface area (TPSA) is 41.9 Å². The smallest absolute Gasteiger partial charge is 0.363 e. The number of esters is 1. The Morgan fingerprint density at radius 2 is 1.83 bits per heavy atom. The molecule has 2 aromatic rings. The highest BCUT2D eigenvalue weighted by Gasteiger charge is 2.24. The van der Waals surface area contributed by atoms with Crippen LogP contribution in [0.3, 0.4) is 0 Å². The van der Waals surface area contributed by atoms with E-state index >= 15 is 0 Å². The van der Waals surface area contributed by atoms with Crippen LogP contribution in [0.5, 0.6) is 0 Å². The summed E-state index contributed by atoms with van der Waals surface area (Å²) in [5.74, 6) is -0.0126. The highest BCUT2D eigenvalue weighted by atomic mass is 32.1. The van der Waals surface area contributed by atoms with Crippen molar-refractivity contribution < 1.29 is 9.53 Å². The summed E-state index contributed by atoms with van der Waals surface area (Å²) in [4.78, 5) is 19.9. The first-order valence-electron chi connectivity index (χ1n) is 8.22. The van der Waals surface area contributed by atoms with E-state index in [-0.39, 0.29) is 5.97 Å². The molecule has 4 nitrogen and oxygen atoms in total. The Labute approximate surface area is 145 Å². The Morgan fingerprint density at radius 1 is 1.04 bits per heavy atom. The summed E-state index contributed by atoms with van der Waals surface area (Å²) < 4.78 is 5.29. The van der Waals surface area contributed by atoms with E-state index in [9.17, 15) is 4.79 Å². The second kappa shape index (κ2) is 6.61. The lowest BCUT2D eigenvalue weighted by atomic mass is 10.1. The lowest BCUT2D eigenvalue weighted by molar-refractivity contribution is -0.129. The summed E-state index contributed by atoms with van der Waals surface area (Å²) in [6.07, 6.45) is 5.65. The Kier molecular flexibility index (Phi) is 4.17. The van der Waals surface area contributed by atoms with Crippen molar-refractivity contribution in [1.29, 1.82) is 0 Å². The van der Waals surface area contributed by atoms with E-state index in [0.29, 0.717) is 11.6 Å². The van der Waals surface area contributed by atoms with E-state index in [4.69, 9.17) is 4.74 Å². The van der Waals surface area contributed by atoms with Crippen molar-refractivity contribution in [3.05, 3.63) is 58.6 Å². The van der Waals surface area contributed by atoms with E-state index in [1.54, 1.807) is 11.3 Å². The molecule has 1 aromatic heterocycles. The summed E-state index contributed by atoms with van der Waals surface area (Å²) >= 11 is 1.70. The van der Waals surface area contributed by atoms with Gasteiger partial charge in [-0.2, -0.15) is 0 Å². The maximum atomic E-state index is 12.1. The first-order valence-corrected chi connectivity index (χ1v) is 9.04. The molecule has 0 aliphatic carbocycles. The quantitative estimate of drug-likeness (QED) is 0.625. The van der Waals surface area contributed by atoms with Crippen molar-refractivity contribution in [3.8, 4) is 0 Å². The van der Waals surface area contributed by atoms with Gasteiger partial charge in [-0.3, -0.25) is 0 Å². The summed E-state index contributed by atoms with van der Waals surface area (Å²) in [6, 6.07) is 13.7. The zero-order chi connectivity index (χ0) is 16.4. The number of ether oxygens (including phenoxy) is 1. The number of carbonyl (C=O) groups is 1. The van der Waals surface area contributed by atoms with Gasteiger partial charge in [0.15, 0.2) is 5.70 Å². The number of rotatable bonds is 3. The number of hydrogen-bond acceptors (Lipinski definition) is 5. The highest BCUT2D eigenvalue weighted by molar-refractivity contribution is 7.16. The molecule has 0 amide bonds. The van der Waals surface area contributed by atoms with Gasteiger partial charge < -0.3 is 9.64 Å². The number of hydrogen-bond donors (Lipinski definition) is 0. The fourth-order valence-electron chi connectivity index (χ4n) is 2.95. The zero-order valence-electron chi connectivity index (χ0n) is 13.3. The molecule has 3 heterocycles. The predicted octanol–water partition coefficient (Wildman–Crippen LogP) is 4.08. The van der Waals surface area contributed by atoms with Crippen LogP contribution in [0.25, 0.3) is 6.08 Å². The Balaban J connectivity index is 1.56. The third-order valence-corrected chi connectivity index (χ3v) is 5.29. The van der Waals surface area contributed by atoms with Crippen LogP contribution < -0.4 is 4.90 Å².